The van der Waals surface area contributed by atoms with Gasteiger partial charge in [0.15, 0.2) is 9.84 Å². The second-order valence-electron chi connectivity index (χ2n) is 5.38. The van der Waals surface area contributed by atoms with E-state index in [1.165, 1.54) is 45.3 Å². The summed E-state index contributed by atoms with van der Waals surface area (Å²) in [6.07, 6.45) is 0. The van der Waals surface area contributed by atoms with Crippen LogP contribution in [0.5, 0.6) is 0 Å². The first-order valence-corrected chi connectivity index (χ1v) is 8.58. The van der Waals surface area contributed by atoms with Crippen LogP contribution in [0.4, 0.5) is 4.39 Å². The summed E-state index contributed by atoms with van der Waals surface area (Å²) in [6.45, 7) is 1.49. The Hall–Kier alpha value is -2.22. The van der Waals surface area contributed by atoms with Crippen molar-refractivity contribution in [2.45, 2.75) is 17.9 Å². The molecule has 124 valence electrons. The molecule has 0 unspecified atom stereocenters. The van der Waals surface area contributed by atoms with E-state index in [-0.39, 0.29) is 5.69 Å². The highest BCUT2D eigenvalue weighted by Gasteiger charge is 2.24. The third-order valence-corrected chi connectivity index (χ3v) is 5.90. The van der Waals surface area contributed by atoms with Crippen LogP contribution in [0.15, 0.2) is 39.9 Å². The summed E-state index contributed by atoms with van der Waals surface area (Å²) in [7, 11) is -0.943. The number of rotatable bonds is 4. The van der Waals surface area contributed by atoms with Crippen LogP contribution >= 0.6 is 0 Å². The molecule has 23 heavy (non-hydrogen) atoms. The van der Waals surface area contributed by atoms with Crippen LogP contribution < -0.4 is 11.2 Å². The van der Waals surface area contributed by atoms with Crippen molar-refractivity contribution >= 4 is 9.84 Å². The maximum absolute atomic E-state index is 12.9. The van der Waals surface area contributed by atoms with Crippen molar-refractivity contribution in [3.63, 3.8) is 0 Å². The summed E-state index contributed by atoms with van der Waals surface area (Å²) in [4.78, 5) is 23.6. The molecular weight excluding hydrogens is 323 g/mol. The van der Waals surface area contributed by atoms with Gasteiger partial charge in [0.05, 0.1) is 11.0 Å². The van der Waals surface area contributed by atoms with Crippen molar-refractivity contribution in [3.05, 3.63) is 68.2 Å². The predicted molar refractivity (Wildman–Crippen MR) is 84.4 cm³/mol. The Bertz CT molecular complexity index is 943. The molecule has 2 rings (SSSR count). The van der Waals surface area contributed by atoms with Crippen molar-refractivity contribution < 1.29 is 12.8 Å². The predicted octanol–water partition coefficient (Wildman–Crippen LogP) is 0.899. The molecule has 8 heteroatoms. The zero-order valence-corrected chi connectivity index (χ0v) is 13.8. The lowest BCUT2D eigenvalue weighted by Crippen LogP contribution is -2.38. The third kappa shape index (κ3) is 3.42. The van der Waals surface area contributed by atoms with E-state index < -0.39 is 37.9 Å². The van der Waals surface area contributed by atoms with Crippen LogP contribution in [0.3, 0.4) is 0 Å². The second kappa shape index (κ2) is 6.11. The smallest absolute Gasteiger partial charge is 0.300 e. The molecule has 0 saturated carbocycles. The molecule has 0 aliphatic heterocycles. The van der Waals surface area contributed by atoms with E-state index in [4.69, 9.17) is 0 Å². The van der Waals surface area contributed by atoms with Crippen LogP contribution in [0, 0.1) is 5.82 Å². The number of hydrogen-bond acceptors (Lipinski definition) is 4. The Morgan fingerprint density at radius 3 is 2.22 bits per heavy atom. The van der Waals surface area contributed by atoms with Crippen molar-refractivity contribution in [2.24, 2.45) is 14.1 Å². The number of nitrogens with zero attached hydrogens (tertiary/aromatic N) is 2. The molecular formula is C15H17FN2O4S. The fourth-order valence-corrected chi connectivity index (χ4v) is 3.70. The van der Waals surface area contributed by atoms with Gasteiger partial charge in [-0.1, -0.05) is 12.1 Å². The molecule has 1 aromatic heterocycles. The molecule has 0 aliphatic carbocycles. The Morgan fingerprint density at radius 2 is 1.65 bits per heavy atom. The van der Waals surface area contributed by atoms with Crippen molar-refractivity contribution in [3.8, 4) is 0 Å². The Kier molecular flexibility index (Phi) is 4.56. The normalized spacial score (nSPS) is 13.0. The summed E-state index contributed by atoms with van der Waals surface area (Å²) in [6, 6.07) is 6.32. The standard InChI is InChI=1S/C15H17FN2O4S/c1-10(11-4-6-12(16)7-5-11)23(21,22)9-13-8-14(19)18(3)15(20)17(13)2/h4-8,10H,9H2,1-3H3/t10-/m1/s1. The zero-order chi connectivity index (χ0) is 17.4. The van der Waals surface area contributed by atoms with Crippen LogP contribution in [0.1, 0.15) is 23.4 Å². The quantitative estimate of drug-likeness (QED) is 0.828. The molecule has 2 aromatic rings. The van der Waals surface area contributed by atoms with Gasteiger partial charge in [-0.15, -0.1) is 0 Å². The fraction of sp³-hybridized carbons (Fsp3) is 0.333. The van der Waals surface area contributed by atoms with Gasteiger partial charge in [-0.3, -0.25) is 13.9 Å². The molecule has 1 aromatic carbocycles. The topological polar surface area (TPSA) is 78.1 Å². The van der Waals surface area contributed by atoms with E-state index >= 15 is 0 Å². The highest BCUT2D eigenvalue weighted by atomic mass is 32.2. The third-order valence-electron chi connectivity index (χ3n) is 3.85. The first-order chi connectivity index (χ1) is 10.6. The van der Waals surface area contributed by atoms with Gasteiger partial charge < -0.3 is 0 Å². The van der Waals surface area contributed by atoms with E-state index in [1.807, 2.05) is 0 Å². The maximum Gasteiger partial charge on any atom is 0.330 e. The minimum Gasteiger partial charge on any atom is -0.300 e. The van der Waals surface area contributed by atoms with Crippen LogP contribution in [-0.4, -0.2) is 17.6 Å². The second-order valence-corrected chi connectivity index (χ2v) is 7.70. The number of sulfone groups is 1. The summed E-state index contributed by atoms with van der Waals surface area (Å²) < 4.78 is 40.0. The van der Waals surface area contributed by atoms with Gasteiger partial charge >= 0.3 is 5.69 Å². The number of hydrogen-bond donors (Lipinski definition) is 0. The highest BCUT2D eigenvalue weighted by Crippen LogP contribution is 2.24. The van der Waals surface area contributed by atoms with Gasteiger partial charge in [0.25, 0.3) is 5.56 Å². The van der Waals surface area contributed by atoms with Gasteiger partial charge in [-0.05, 0) is 24.6 Å². The molecule has 1 atom stereocenters. The lowest BCUT2D eigenvalue weighted by atomic mass is 10.2. The average molecular weight is 340 g/mol. The fourth-order valence-electron chi connectivity index (χ4n) is 2.19. The first kappa shape index (κ1) is 17.1. The van der Waals surface area contributed by atoms with Gasteiger partial charge in [0.2, 0.25) is 0 Å². The monoisotopic (exact) mass is 340 g/mol. The lowest BCUT2D eigenvalue weighted by molar-refractivity contribution is 0.579. The van der Waals surface area contributed by atoms with Crippen molar-refractivity contribution in [1.29, 1.82) is 0 Å². The average Bonchev–Trinajstić information content (AvgIpc) is 2.50. The number of halogens is 1. The molecule has 0 bridgehead atoms. The Morgan fingerprint density at radius 1 is 1.09 bits per heavy atom. The van der Waals surface area contributed by atoms with Gasteiger partial charge in [0.1, 0.15) is 5.82 Å². The van der Waals surface area contributed by atoms with Crippen LogP contribution in [0.25, 0.3) is 0 Å². The van der Waals surface area contributed by atoms with E-state index in [2.05, 4.69) is 0 Å². The van der Waals surface area contributed by atoms with Gasteiger partial charge in [-0.2, -0.15) is 0 Å². The van der Waals surface area contributed by atoms with E-state index in [9.17, 15) is 22.4 Å². The number of aromatic nitrogens is 2. The largest absolute Gasteiger partial charge is 0.330 e. The number of benzene rings is 1. The molecule has 0 saturated heterocycles. The van der Waals surface area contributed by atoms with E-state index in [0.29, 0.717) is 5.56 Å². The Labute approximate surface area is 132 Å². The SMILES string of the molecule is C[C@H](c1ccc(F)cc1)S(=O)(=O)Cc1cc(=O)n(C)c(=O)n1C. The van der Waals surface area contributed by atoms with E-state index in [1.54, 1.807) is 0 Å². The van der Waals surface area contributed by atoms with Crippen LogP contribution in [-0.2, 0) is 29.7 Å². The minimum atomic E-state index is -3.68. The van der Waals surface area contributed by atoms with Crippen molar-refractivity contribution in [1.82, 2.24) is 9.13 Å². The first-order valence-electron chi connectivity index (χ1n) is 6.86. The summed E-state index contributed by atoms with van der Waals surface area (Å²) >= 11 is 0. The lowest BCUT2D eigenvalue weighted by Gasteiger charge is -2.15. The highest BCUT2D eigenvalue weighted by molar-refractivity contribution is 7.90. The molecule has 6 nitrogen and oxygen atoms in total. The molecule has 0 aliphatic rings. The summed E-state index contributed by atoms with van der Waals surface area (Å²) in [5.41, 5.74) is -0.586. The zero-order valence-electron chi connectivity index (χ0n) is 13.0. The van der Waals surface area contributed by atoms with Crippen molar-refractivity contribution in [2.75, 3.05) is 0 Å². The van der Waals surface area contributed by atoms with Crippen LogP contribution in [0.2, 0.25) is 0 Å². The maximum atomic E-state index is 12.9. The molecule has 0 radical (unpaired) electrons. The van der Waals surface area contributed by atoms with E-state index in [0.717, 1.165) is 15.2 Å². The molecule has 0 amide bonds. The van der Waals surface area contributed by atoms with Gasteiger partial charge in [-0.25, -0.2) is 17.6 Å². The molecule has 1 heterocycles. The molecule has 0 fully saturated rings. The molecule has 0 N–H and O–H groups in total. The summed E-state index contributed by atoms with van der Waals surface area (Å²) in [5.74, 6) is -0.903. The minimum absolute atomic E-state index is 0.118. The van der Waals surface area contributed by atoms with Gasteiger partial charge in [0, 0.05) is 25.9 Å². The molecule has 0 spiro atoms. The summed E-state index contributed by atoms with van der Waals surface area (Å²) in [5, 5.41) is -0.887. The Balaban J connectivity index is 2.41.